The van der Waals surface area contributed by atoms with Gasteiger partial charge in [0.05, 0.1) is 11.1 Å². The topological polar surface area (TPSA) is 63.6 Å². The van der Waals surface area contributed by atoms with Crippen LogP contribution in [-0.4, -0.2) is 17.0 Å². The van der Waals surface area contributed by atoms with Crippen LogP contribution in [0.3, 0.4) is 0 Å². The van der Waals surface area contributed by atoms with Crippen LogP contribution in [-0.2, 0) is 11.3 Å². The van der Waals surface area contributed by atoms with Crippen molar-refractivity contribution in [2.24, 2.45) is 0 Å². The van der Waals surface area contributed by atoms with E-state index in [1.807, 2.05) is 0 Å². The van der Waals surface area contributed by atoms with Crippen molar-refractivity contribution in [3.05, 3.63) is 34.9 Å². The van der Waals surface area contributed by atoms with Crippen LogP contribution in [0.5, 0.6) is 0 Å². The van der Waals surface area contributed by atoms with Crippen LogP contribution < -0.4 is 0 Å². The molecular formula is C9H6O4. The Bertz CT molecular complexity index is 395. The Morgan fingerprint density at radius 3 is 2.92 bits per heavy atom. The summed E-state index contributed by atoms with van der Waals surface area (Å²) in [6.07, 6.45) is 0. The minimum absolute atomic E-state index is 0.0661. The highest BCUT2D eigenvalue weighted by Crippen LogP contribution is 2.23. The molecule has 0 atom stereocenters. The van der Waals surface area contributed by atoms with Gasteiger partial charge in [-0.05, 0) is 12.1 Å². The zero-order chi connectivity index (χ0) is 9.42. The van der Waals surface area contributed by atoms with Crippen molar-refractivity contribution in [3.8, 4) is 0 Å². The monoisotopic (exact) mass is 178 g/mol. The second-order valence-corrected chi connectivity index (χ2v) is 2.71. The largest absolute Gasteiger partial charge is 0.478 e. The number of cyclic esters (lactones) is 1. The molecule has 0 unspecified atom stereocenters. The summed E-state index contributed by atoms with van der Waals surface area (Å²) in [5, 5.41) is 8.77. The van der Waals surface area contributed by atoms with Gasteiger partial charge in [-0.1, -0.05) is 6.07 Å². The molecule has 0 fully saturated rings. The molecule has 0 aliphatic carbocycles. The summed E-state index contributed by atoms with van der Waals surface area (Å²) in [5.41, 5.74) is 0.975. The fraction of sp³-hybridized carbons (Fsp3) is 0.111. The van der Waals surface area contributed by atoms with Crippen LogP contribution in [0.2, 0.25) is 0 Å². The van der Waals surface area contributed by atoms with E-state index in [9.17, 15) is 9.59 Å². The van der Waals surface area contributed by atoms with Crippen LogP contribution in [0, 0.1) is 0 Å². The van der Waals surface area contributed by atoms with Crippen LogP contribution in [0.4, 0.5) is 0 Å². The Hall–Kier alpha value is -1.84. The molecule has 1 N–H and O–H groups in total. The first-order valence-electron chi connectivity index (χ1n) is 3.72. The molecule has 1 aromatic carbocycles. The van der Waals surface area contributed by atoms with Crippen LogP contribution >= 0.6 is 0 Å². The molecule has 1 heterocycles. The van der Waals surface area contributed by atoms with E-state index in [0.29, 0.717) is 11.1 Å². The third-order valence-electron chi connectivity index (χ3n) is 1.97. The minimum atomic E-state index is -1.03. The van der Waals surface area contributed by atoms with Crippen LogP contribution in [0.15, 0.2) is 18.2 Å². The van der Waals surface area contributed by atoms with Crippen molar-refractivity contribution in [1.29, 1.82) is 0 Å². The third kappa shape index (κ3) is 1.07. The van der Waals surface area contributed by atoms with E-state index >= 15 is 0 Å². The molecule has 0 saturated carbocycles. The van der Waals surface area contributed by atoms with Gasteiger partial charge in [-0.3, -0.25) is 0 Å². The molecule has 0 spiro atoms. The first kappa shape index (κ1) is 7.79. The first-order chi connectivity index (χ1) is 6.20. The summed E-state index contributed by atoms with van der Waals surface area (Å²) in [6, 6.07) is 4.56. The van der Waals surface area contributed by atoms with Gasteiger partial charge >= 0.3 is 11.9 Å². The molecule has 0 radical (unpaired) electrons. The van der Waals surface area contributed by atoms with Crippen molar-refractivity contribution >= 4 is 11.9 Å². The van der Waals surface area contributed by atoms with Crippen molar-refractivity contribution < 1.29 is 19.4 Å². The lowest BCUT2D eigenvalue weighted by Crippen LogP contribution is -2.02. The Kier molecular flexibility index (Phi) is 1.55. The molecule has 13 heavy (non-hydrogen) atoms. The first-order valence-corrected chi connectivity index (χ1v) is 3.72. The summed E-state index contributed by atoms with van der Waals surface area (Å²) in [7, 11) is 0. The molecule has 0 amide bonds. The molecule has 0 aromatic heterocycles. The number of ether oxygens (including phenoxy) is 1. The molecule has 2 rings (SSSR count). The van der Waals surface area contributed by atoms with Crippen molar-refractivity contribution in [3.63, 3.8) is 0 Å². The maximum absolute atomic E-state index is 11.0. The summed E-state index contributed by atoms with van der Waals surface area (Å²) in [5.74, 6) is -1.48. The second kappa shape index (κ2) is 2.58. The molecule has 0 saturated heterocycles. The maximum Gasteiger partial charge on any atom is 0.338 e. The Labute approximate surface area is 73.8 Å². The molecule has 1 aliphatic heterocycles. The zero-order valence-electron chi connectivity index (χ0n) is 6.61. The summed E-state index contributed by atoms with van der Waals surface area (Å²) >= 11 is 0. The number of hydrogen-bond acceptors (Lipinski definition) is 3. The highest BCUT2D eigenvalue weighted by molar-refractivity contribution is 5.99. The smallest absolute Gasteiger partial charge is 0.338 e. The van der Waals surface area contributed by atoms with Gasteiger partial charge in [0.25, 0.3) is 0 Å². The van der Waals surface area contributed by atoms with E-state index in [2.05, 4.69) is 0 Å². The number of carbonyl (C=O) groups excluding carboxylic acids is 1. The van der Waals surface area contributed by atoms with Gasteiger partial charge < -0.3 is 9.84 Å². The predicted octanol–water partition coefficient (Wildman–Crippen LogP) is 1.06. The number of aromatic carboxylic acids is 1. The molecule has 0 bridgehead atoms. The standard InChI is InChI=1S/C9H6O4/c10-8(11)5-2-1-3-6-7(5)4-13-9(6)12/h1-3H,4H2,(H,10,11). The normalized spacial score (nSPS) is 13.7. The number of esters is 1. The Morgan fingerprint density at radius 2 is 2.23 bits per heavy atom. The number of hydrogen-bond donors (Lipinski definition) is 1. The highest BCUT2D eigenvalue weighted by atomic mass is 16.5. The van der Waals surface area contributed by atoms with E-state index in [4.69, 9.17) is 9.84 Å². The number of carboxylic acid groups (broad SMARTS) is 1. The molecule has 66 valence electrons. The minimum Gasteiger partial charge on any atom is -0.478 e. The highest BCUT2D eigenvalue weighted by Gasteiger charge is 2.25. The number of rotatable bonds is 1. The summed E-state index contributed by atoms with van der Waals surface area (Å²) < 4.78 is 4.71. The van der Waals surface area contributed by atoms with Crippen LogP contribution in [0.25, 0.3) is 0 Å². The second-order valence-electron chi connectivity index (χ2n) is 2.71. The Morgan fingerprint density at radius 1 is 1.46 bits per heavy atom. The van der Waals surface area contributed by atoms with Crippen molar-refractivity contribution in [2.45, 2.75) is 6.61 Å². The number of fused-ring (bicyclic) bond motifs is 1. The van der Waals surface area contributed by atoms with Gasteiger partial charge in [0.1, 0.15) is 6.61 Å². The van der Waals surface area contributed by atoms with Gasteiger partial charge in [0, 0.05) is 5.56 Å². The fourth-order valence-electron chi connectivity index (χ4n) is 1.35. The van der Waals surface area contributed by atoms with Crippen molar-refractivity contribution in [1.82, 2.24) is 0 Å². The molecule has 4 heteroatoms. The lowest BCUT2D eigenvalue weighted by atomic mass is 10.0. The predicted molar refractivity (Wildman–Crippen MR) is 42.5 cm³/mol. The third-order valence-corrected chi connectivity index (χ3v) is 1.97. The van der Waals surface area contributed by atoms with E-state index in [1.165, 1.54) is 12.1 Å². The quantitative estimate of drug-likeness (QED) is 0.653. The number of benzene rings is 1. The van der Waals surface area contributed by atoms with Crippen molar-refractivity contribution in [2.75, 3.05) is 0 Å². The van der Waals surface area contributed by atoms with E-state index in [-0.39, 0.29) is 12.2 Å². The van der Waals surface area contributed by atoms with E-state index < -0.39 is 11.9 Å². The van der Waals surface area contributed by atoms with E-state index in [1.54, 1.807) is 6.07 Å². The van der Waals surface area contributed by atoms with Gasteiger partial charge in [0.15, 0.2) is 0 Å². The number of carboxylic acids is 1. The van der Waals surface area contributed by atoms with Gasteiger partial charge in [-0.25, -0.2) is 9.59 Å². The molecular weight excluding hydrogens is 172 g/mol. The van der Waals surface area contributed by atoms with Gasteiger partial charge in [-0.15, -0.1) is 0 Å². The Balaban J connectivity index is 2.63. The average molecular weight is 178 g/mol. The average Bonchev–Trinajstić information content (AvgIpc) is 2.48. The lowest BCUT2D eigenvalue weighted by Gasteiger charge is -1.98. The SMILES string of the molecule is O=C(O)c1cccc2c1COC2=O. The zero-order valence-corrected chi connectivity index (χ0v) is 6.61. The molecule has 4 nitrogen and oxygen atoms in total. The maximum atomic E-state index is 11.0. The van der Waals surface area contributed by atoms with Crippen LogP contribution in [0.1, 0.15) is 26.3 Å². The van der Waals surface area contributed by atoms with Gasteiger partial charge in [0.2, 0.25) is 0 Å². The fourth-order valence-corrected chi connectivity index (χ4v) is 1.35. The molecule has 1 aromatic rings. The summed E-state index contributed by atoms with van der Waals surface area (Å²) in [4.78, 5) is 21.7. The summed E-state index contributed by atoms with van der Waals surface area (Å²) in [6.45, 7) is 0.0661. The van der Waals surface area contributed by atoms with Gasteiger partial charge in [-0.2, -0.15) is 0 Å². The molecule has 1 aliphatic rings. The lowest BCUT2D eigenvalue weighted by molar-refractivity contribution is 0.0530. The number of carbonyl (C=O) groups is 2. The van der Waals surface area contributed by atoms with E-state index in [0.717, 1.165) is 0 Å².